The predicted octanol–water partition coefficient (Wildman–Crippen LogP) is 10.3. The van der Waals surface area contributed by atoms with Crippen molar-refractivity contribution >= 4 is 51.0 Å². The lowest BCUT2D eigenvalue weighted by molar-refractivity contribution is -0.169. The molecule has 2 N–H and O–H groups in total. The van der Waals surface area contributed by atoms with Gasteiger partial charge in [-0.2, -0.15) is 13.2 Å². The number of Topliss-reactive ketones (excluding diaryl/α,β-unsaturated/α-hetero) is 1. The number of amides is 1. The maximum absolute atomic E-state index is 14.0. The summed E-state index contributed by atoms with van der Waals surface area (Å²) in [5.41, 5.74) is 6.05. The molecule has 1 amide bonds. The number of hydrogen-bond acceptors (Lipinski definition) is 5. The molecule has 9 nitrogen and oxygen atoms in total. The van der Waals surface area contributed by atoms with Gasteiger partial charge in [-0.25, -0.2) is 14.2 Å². The van der Waals surface area contributed by atoms with Gasteiger partial charge < -0.3 is 14.7 Å². The number of aromatic amines is 1. The molecule has 7 aromatic rings. The number of carbonyl (C=O) groups is 3. The molecule has 0 saturated heterocycles. The van der Waals surface area contributed by atoms with Crippen molar-refractivity contribution < 1.29 is 37.1 Å². The normalized spacial score (nSPS) is 13.9. The van der Waals surface area contributed by atoms with Crippen molar-refractivity contribution in [2.24, 2.45) is 0 Å². The average molecular weight is 788 g/mol. The Hall–Kier alpha value is -6.63. The number of carboxylic acid groups (broad SMARTS) is 1. The average Bonchev–Trinajstić information content (AvgIpc) is 4.14. The number of nitrogens with one attached hydrogen (secondary N) is 1. The molecule has 4 heterocycles. The number of rotatable bonds is 10. The van der Waals surface area contributed by atoms with Crippen molar-refractivity contribution in [3.63, 3.8) is 0 Å². The Bertz CT molecular complexity index is 2710. The van der Waals surface area contributed by atoms with Gasteiger partial charge in [-0.3, -0.25) is 19.5 Å². The van der Waals surface area contributed by atoms with E-state index in [9.17, 15) is 37.1 Å². The van der Waals surface area contributed by atoms with Crippen LogP contribution in [0.5, 0.6) is 0 Å². The molecule has 13 heteroatoms. The van der Waals surface area contributed by atoms with Crippen LogP contribution in [0.4, 0.5) is 29.1 Å². The fraction of sp³-hybridized carbons (Fsp3) is 0.222. The van der Waals surface area contributed by atoms with Crippen LogP contribution in [-0.4, -0.2) is 48.5 Å². The molecule has 0 bridgehead atoms. The Kier molecular flexibility index (Phi) is 10.1. The second kappa shape index (κ2) is 15.4. The van der Waals surface area contributed by atoms with Crippen LogP contribution in [0.25, 0.3) is 21.8 Å². The molecule has 0 unspecified atom stereocenters. The number of pyridine rings is 2. The van der Waals surface area contributed by atoms with Crippen LogP contribution < -0.4 is 4.90 Å². The second-order valence-corrected chi connectivity index (χ2v) is 14.8. The fourth-order valence-electron chi connectivity index (χ4n) is 7.17. The summed E-state index contributed by atoms with van der Waals surface area (Å²) in [4.78, 5) is 48.2. The van der Waals surface area contributed by atoms with E-state index in [-0.39, 0.29) is 34.4 Å². The fourth-order valence-corrected chi connectivity index (χ4v) is 7.17. The lowest BCUT2D eigenvalue weighted by Crippen LogP contribution is -2.39. The third-order valence-electron chi connectivity index (χ3n) is 10.5. The van der Waals surface area contributed by atoms with E-state index in [0.717, 1.165) is 53.3 Å². The van der Waals surface area contributed by atoms with Crippen LogP contribution in [-0.2, 0) is 17.8 Å². The summed E-state index contributed by atoms with van der Waals surface area (Å²) in [5.74, 6) is -3.27. The highest BCUT2D eigenvalue weighted by Crippen LogP contribution is 2.42. The van der Waals surface area contributed by atoms with Gasteiger partial charge in [0.25, 0.3) is 0 Å². The van der Waals surface area contributed by atoms with E-state index in [2.05, 4.69) is 21.0 Å². The molecule has 0 aliphatic heterocycles. The van der Waals surface area contributed by atoms with Gasteiger partial charge in [-0.15, -0.1) is 0 Å². The van der Waals surface area contributed by atoms with E-state index < -0.39 is 23.8 Å². The Morgan fingerprint density at radius 3 is 2.22 bits per heavy atom. The zero-order chi connectivity index (χ0) is 40.7. The molecule has 0 radical (unpaired) electrons. The summed E-state index contributed by atoms with van der Waals surface area (Å²) in [6.07, 6.45) is 6.33. The maximum Gasteiger partial charge on any atom is 0.472 e. The van der Waals surface area contributed by atoms with Crippen molar-refractivity contribution in [1.82, 2.24) is 19.5 Å². The Labute approximate surface area is 330 Å². The minimum absolute atomic E-state index is 0.00355. The van der Waals surface area contributed by atoms with Gasteiger partial charge in [0.05, 0.1) is 29.1 Å². The summed E-state index contributed by atoms with van der Waals surface area (Å²) in [6.45, 7) is 1.71. The molecular formula is C45H37F4N5O4. The molecule has 4 aromatic heterocycles. The summed E-state index contributed by atoms with van der Waals surface area (Å²) in [6, 6.07) is 24.3. The highest BCUT2D eigenvalue weighted by Gasteiger charge is 2.45. The number of ketones is 1. The highest BCUT2D eigenvalue weighted by molar-refractivity contribution is 6.09. The standard InChI is InChI=1S/C25H21FN2O2.C20H16F3N3O2/c26-22-4-2-1-3-19(22)15-28-10-9-18-11-16(5-8-24(18)28)12-23-21(25(29)30)13-20(14-27-23)17-6-7-17;1-11(27)16-9-14(12-2-3-12)10-25-18(16)26(19(28)20(21,22)23)15-4-5-17-13(8-15)6-7-24-17/h1-5,8-11,13-14,17H,6-7,12,15H2,(H,29,30);4-10,12,24H,2-3H2,1H3. The van der Waals surface area contributed by atoms with E-state index in [1.807, 2.05) is 41.2 Å². The minimum Gasteiger partial charge on any atom is -0.478 e. The van der Waals surface area contributed by atoms with Gasteiger partial charge in [0.2, 0.25) is 0 Å². The predicted molar refractivity (Wildman–Crippen MR) is 211 cm³/mol. The molecule has 2 saturated carbocycles. The van der Waals surface area contributed by atoms with Gasteiger partial charge in [0.1, 0.15) is 5.82 Å². The van der Waals surface area contributed by atoms with Crippen molar-refractivity contribution in [3.8, 4) is 0 Å². The minimum atomic E-state index is -5.13. The Balaban J connectivity index is 0.000000162. The van der Waals surface area contributed by atoms with Crippen LogP contribution in [0.15, 0.2) is 110 Å². The monoisotopic (exact) mass is 787 g/mol. The number of benzene rings is 3. The number of fused-ring (bicyclic) bond motifs is 2. The largest absolute Gasteiger partial charge is 0.478 e. The quantitative estimate of drug-likeness (QED) is 0.105. The van der Waals surface area contributed by atoms with E-state index in [1.54, 1.807) is 42.6 Å². The first-order chi connectivity index (χ1) is 27.8. The highest BCUT2D eigenvalue weighted by atomic mass is 19.4. The molecule has 58 heavy (non-hydrogen) atoms. The van der Waals surface area contributed by atoms with Crippen molar-refractivity contribution in [2.75, 3.05) is 4.90 Å². The van der Waals surface area contributed by atoms with E-state index >= 15 is 0 Å². The van der Waals surface area contributed by atoms with Crippen LogP contribution >= 0.6 is 0 Å². The van der Waals surface area contributed by atoms with Gasteiger partial charge in [0.15, 0.2) is 11.6 Å². The van der Waals surface area contributed by atoms with E-state index in [1.165, 1.54) is 31.3 Å². The van der Waals surface area contributed by atoms with Gasteiger partial charge in [0, 0.05) is 53.2 Å². The zero-order valence-corrected chi connectivity index (χ0v) is 31.3. The number of aromatic carboxylic acids is 1. The molecule has 3 aromatic carbocycles. The zero-order valence-electron chi connectivity index (χ0n) is 31.3. The number of hydrogen-bond donors (Lipinski definition) is 2. The molecular weight excluding hydrogens is 751 g/mol. The number of H-pyrrole nitrogens is 1. The number of carbonyl (C=O) groups excluding carboxylic acids is 2. The maximum atomic E-state index is 14.0. The van der Waals surface area contributed by atoms with E-state index in [0.29, 0.717) is 45.9 Å². The first-order valence-corrected chi connectivity index (χ1v) is 18.9. The number of alkyl halides is 3. The number of aromatic nitrogens is 4. The Morgan fingerprint density at radius 1 is 0.845 bits per heavy atom. The topological polar surface area (TPSA) is 121 Å². The van der Waals surface area contributed by atoms with E-state index in [4.69, 9.17) is 0 Å². The number of anilines is 2. The summed E-state index contributed by atoms with van der Waals surface area (Å²) in [5, 5.41) is 11.3. The third-order valence-corrected chi connectivity index (χ3v) is 10.5. The first-order valence-electron chi connectivity index (χ1n) is 18.9. The third kappa shape index (κ3) is 8.11. The van der Waals surface area contributed by atoms with Crippen molar-refractivity contribution in [2.45, 2.75) is 63.6 Å². The summed E-state index contributed by atoms with van der Waals surface area (Å²) < 4.78 is 56.1. The Morgan fingerprint density at radius 2 is 1.55 bits per heavy atom. The molecule has 0 atom stereocenters. The SMILES string of the molecule is CC(=O)c1cc(C2CC2)cnc1N(C(=O)C(F)(F)F)c1ccc2[nH]ccc2c1.O=C(O)c1cc(C2CC2)cnc1Cc1ccc2c(ccn2Cc2ccccc2F)c1. The number of nitrogens with zero attached hydrogens (tertiary/aromatic N) is 4. The lowest BCUT2D eigenvalue weighted by atomic mass is 10.0. The molecule has 2 aliphatic carbocycles. The van der Waals surface area contributed by atoms with Crippen LogP contribution in [0.1, 0.15) is 93.1 Å². The first kappa shape index (κ1) is 38.3. The van der Waals surface area contributed by atoms with Crippen LogP contribution in [0, 0.1) is 5.82 Å². The molecule has 9 rings (SSSR count). The molecule has 294 valence electrons. The second-order valence-electron chi connectivity index (χ2n) is 14.8. The van der Waals surface area contributed by atoms with Gasteiger partial charge in [-0.05, 0) is 127 Å². The van der Waals surface area contributed by atoms with Crippen molar-refractivity contribution in [3.05, 3.63) is 155 Å². The number of carboxylic acids is 1. The summed E-state index contributed by atoms with van der Waals surface area (Å²) in [7, 11) is 0. The van der Waals surface area contributed by atoms with Crippen LogP contribution in [0.3, 0.4) is 0 Å². The van der Waals surface area contributed by atoms with Crippen LogP contribution in [0.2, 0.25) is 0 Å². The summed E-state index contributed by atoms with van der Waals surface area (Å²) >= 11 is 0. The van der Waals surface area contributed by atoms with Gasteiger partial charge in [-0.1, -0.05) is 24.3 Å². The van der Waals surface area contributed by atoms with Gasteiger partial charge >= 0.3 is 18.1 Å². The molecule has 2 fully saturated rings. The molecule has 2 aliphatic rings. The molecule has 0 spiro atoms. The number of halogens is 4. The smallest absolute Gasteiger partial charge is 0.472 e. The van der Waals surface area contributed by atoms with Crippen molar-refractivity contribution in [1.29, 1.82) is 0 Å². The lowest BCUT2D eigenvalue weighted by Gasteiger charge is -2.25.